The number of thiophene rings is 1. The predicted molar refractivity (Wildman–Crippen MR) is 82.6 cm³/mol. The Morgan fingerprint density at radius 2 is 2.20 bits per heavy atom. The van der Waals surface area contributed by atoms with Crippen LogP contribution < -0.4 is 4.74 Å². The number of aliphatic hydroxyl groups is 1. The summed E-state index contributed by atoms with van der Waals surface area (Å²) >= 11 is 1.58. The lowest BCUT2D eigenvalue weighted by molar-refractivity contribution is 0.154. The molecule has 1 aromatic heterocycles. The molecule has 0 aliphatic heterocycles. The Balaban J connectivity index is 1.79. The molecular formula is C17H20O2S. The van der Waals surface area contributed by atoms with Crippen LogP contribution in [0, 0.1) is 0 Å². The number of hydrogen-bond donors (Lipinski definition) is 1. The fraction of sp³-hybridized carbons (Fsp3) is 0.412. The number of aryl methyl sites for hydroxylation is 1. The summed E-state index contributed by atoms with van der Waals surface area (Å²) in [7, 11) is 1.66. The summed E-state index contributed by atoms with van der Waals surface area (Å²) in [5, 5.41) is 12.5. The van der Waals surface area contributed by atoms with Crippen molar-refractivity contribution in [3.05, 3.63) is 51.7 Å². The molecular weight excluding hydrogens is 268 g/mol. The lowest BCUT2D eigenvalue weighted by Crippen LogP contribution is -2.13. The summed E-state index contributed by atoms with van der Waals surface area (Å²) in [4.78, 5) is 0.954. The van der Waals surface area contributed by atoms with Crippen LogP contribution in [-0.2, 0) is 6.42 Å². The van der Waals surface area contributed by atoms with Crippen LogP contribution in [0.5, 0.6) is 5.75 Å². The molecule has 0 fully saturated rings. The second kappa shape index (κ2) is 5.98. The van der Waals surface area contributed by atoms with Gasteiger partial charge >= 0.3 is 0 Å². The molecule has 1 aliphatic carbocycles. The molecule has 3 heteroatoms. The van der Waals surface area contributed by atoms with Crippen molar-refractivity contribution >= 4 is 11.3 Å². The minimum atomic E-state index is -0.430. The highest BCUT2D eigenvalue weighted by Crippen LogP contribution is 2.40. The third-order valence-electron chi connectivity index (χ3n) is 4.18. The highest BCUT2D eigenvalue weighted by atomic mass is 32.1. The van der Waals surface area contributed by atoms with E-state index in [1.165, 1.54) is 30.4 Å². The van der Waals surface area contributed by atoms with Gasteiger partial charge in [0.15, 0.2) is 0 Å². The van der Waals surface area contributed by atoms with Crippen molar-refractivity contribution in [1.29, 1.82) is 0 Å². The summed E-state index contributed by atoms with van der Waals surface area (Å²) in [6, 6.07) is 10.6. The van der Waals surface area contributed by atoms with Crippen LogP contribution >= 0.6 is 11.3 Å². The standard InChI is InChI=1S/C17H20O2S/c1-19-16-9-10-20-17(16)15(18)11-13-7-4-6-12-5-2-3-8-14(12)13/h2-3,5,8-10,13,15,18H,4,6-7,11H2,1H3. The van der Waals surface area contributed by atoms with Crippen molar-refractivity contribution in [3.8, 4) is 5.75 Å². The zero-order valence-corrected chi connectivity index (χ0v) is 12.5. The number of aliphatic hydroxyl groups excluding tert-OH is 1. The first-order chi connectivity index (χ1) is 9.79. The minimum Gasteiger partial charge on any atom is -0.495 e. The fourth-order valence-corrected chi connectivity index (χ4v) is 4.06. The smallest absolute Gasteiger partial charge is 0.135 e. The summed E-state index contributed by atoms with van der Waals surface area (Å²) < 4.78 is 5.32. The Hall–Kier alpha value is -1.32. The number of benzene rings is 1. The Bertz CT molecular complexity index is 576. The van der Waals surface area contributed by atoms with Crippen LogP contribution in [0.25, 0.3) is 0 Å². The normalized spacial score (nSPS) is 19.4. The van der Waals surface area contributed by atoms with Gasteiger partial charge in [0.25, 0.3) is 0 Å². The maximum atomic E-state index is 10.5. The van der Waals surface area contributed by atoms with Crippen molar-refractivity contribution in [2.24, 2.45) is 0 Å². The summed E-state index contributed by atoms with van der Waals surface area (Å²) in [6.07, 6.45) is 3.91. The Kier molecular flexibility index (Phi) is 4.08. The molecule has 2 unspecified atom stereocenters. The van der Waals surface area contributed by atoms with Gasteiger partial charge in [0.2, 0.25) is 0 Å². The van der Waals surface area contributed by atoms with E-state index in [2.05, 4.69) is 24.3 Å². The molecule has 1 N–H and O–H groups in total. The Morgan fingerprint density at radius 3 is 3.05 bits per heavy atom. The fourth-order valence-electron chi connectivity index (χ4n) is 3.20. The average molecular weight is 288 g/mol. The van der Waals surface area contributed by atoms with E-state index < -0.39 is 6.10 Å². The molecule has 106 valence electrons. The van der Waals surface area contributed by atoms with E-state index in [1.807, 2.05) is 11.4 Å². The maximum Gasteiger partial charge on any atom is 0.135 e. The van der Waals surface area contributed by atoms with Crippen LogP contribution in [0.3, 0.4) is 0 Å². The zero-order valence-electron chi connectivity index (χ0n) is 11.7. The summed E-state index contributed by atoms with van der Waals surface area (Å²) in [5.41, 5.74) is 2.88. The van der Waals surface area contributed by atoms with Gasteiger partial charge in [0.1, 0.15) is 5.75 Å². The van der Waals surface area contributed by atoms with Gasteiger partial charge in [0, 0.05) is 0 Å². The van der Waals surface area contributed by atoms with Crippen LogP contribution in [0.15, 0.2) is 35.7 Å². The molecule has 3 rings (SSSR count). The number of ether oxygens (including phenoxy) is 1. The monoisotopic (exact) mass is 288 g/mol. The van der Waals surface area contributed by atoms with Crippen molar-refractivity contribution in [2.75, 3.05) is 7.11 Å². The van der Waals surface area contributed by atoms with Crippen LogP contribution in [0.2, 0.25) is 0 Å². The van der Waals surface area contributed by atoms with E-state index in [0.717, 1.165) is 17.0 Å². The Labute approximate surface area is 124 Å². The first-order valence-electron chi connectivity index (χ1n) is 7.17. The van der Waals surface area contributed by atoms with E-state index in [4.69, 9.17) is 4.74 Å². The van der Waals surface area contributed by atoms with Gasteiger partial charge in [0.05, 0.1) is 18.1 Å². The van der Waals surface area contributed by atoms with Gasteiger partial charge in [-0.15, -0.1) is 11.3 Å². The molecule has 20 heavy (non-hydrogen) atoms. The lowest BCUT2D eigenvalue weighted by atomic mass is 9.80. The molecule has 1 aliphatic rings. The highest BCUT2D eigenvalue weighted by Gasteiger charge is 2.25. The SMILES string of the molecule is COc1ccsc1C(O)CC1CCCc2ccccc21. The lowest BCUT2D eigenvalue weighted by Gasteiger charge is -2.27. The van der Waals surface area contributed by atoms with E-state index in [-0.39, 0.29) is 0 Å². The average Bonchev–Trinajstić information content (AvgIpc) is 2.96. The molecule has 2 nitrogen and oxygen atoms in total. The quantitative estimate of drug-likeness (QED) is 0.909. The van der Waals surface area contributed by atoms with Crippen LogP contribution in [0.1, 0.15) is 47.3 Å². The number of rotatable bonds is 4. The minimum absolute atomic E-state index is 0.430. The van der Waals surface area contributed by atoms with Gasteiger partial charge in [-0.1, -0.05) is 24.3 Å². The third kappa shape index (κ3) is 2.60. The van der Waals surface area contributed by atoms with E-state index in [9.17, 15) is 5.11 Å². The van der Waals surface area contributed by atoms with Gasteiger partial charge in [-0.05, 0) is 54.2 Å². The van der Waals surface area contributed by atoms with Gasteiger partial charge in [-0.3, -0.25) is 0 Å². The van der Waals surface area contributed by atoms with Crippen molar-refractivity contribution in [3.63, 3.8) is 0 Å². The highest BCUT2D eigenvalue weighted by molar-refractivity contribution is 7.10. The first-order valence-corrected chi connectivity index (χ1v) is 8.05. The van der Waals surface area contributed by atoms with Gasteiger partial charge in [-0.25, -0.2) is 0 Å². The maximum absolute atomic E-state index is 10.5. The predicted octanol–water partition coefficient (Wildman–Crippen LogP) is 4.30. The number of methoxy groups -OCH3 is 1. The molecule has 0 saturated carbocycles. The molecule has 0 spiro atoms. The molecule has 1 aromatic carbocycles. The first kappa shape index (κ1) is 13.7. The van der Waals surface area contributed by atoms with Crippen LogP contribution in [-0.4, -0.2) is 12.2 Å². The largest absolute Gasteiger partial charge is 0.495 e. The van der Waals surface area contributed by atoms with Crippen molar-refractivity contribution in [2.45, 2.75) is 37.7 Å². The summed E-state index contributed by atoms with van der Waals surface area (Å²) in [6.45, 7) is 0. The number of fused-ring (bicyclic) bond motifs is 1. The molecule has 0 bridgehead atoms. The van der Waals surface area contributed by atoms with Gasteiger partial charge < -0.3 is 9.84 Å². The molecule has 0 amide bonds. The van der Waals surface area contributed by atoms with E-state index in [0.29, 0.717) is 5.92 Å². The van der Waals surface area contributed by atoms with Crippen molar-refractivity contribution < 1.29 is 9.84 Å². The summed E-state index contributed by atoms with van der Waals surface area (Å²) in [5.74, 6) is 1.27. The zero-order chi connectivity index (χ0) is 13.9. The second-order valence-corrected chi connectivity index (χ2v) is 6.34. The molecule has 0 saturated heterocycles. The molecule has 1 heterocycles. The topological polar surface area (TPSA) is 29.5 Å². The molecule has 2 atom stereocenters. The third-order valence-corrected chi connectivity index (χ3v) is 5.18. The van der Waals surface area contributed by atoms with Crippen molar-refractivity contribution in [1.82, 2.24) is 0 Å². The van der Waals surface area contributed by atoms with E-state index in [1.54, 1.807) is 18.4 Å². The van der Waals surface area contributed by atoms with Gasteiger partial charge in [-0.2, -0.15) is 0 Å². The van der Waals surface area contributed by atoms with E-state index >= 15 is 0 Å². The van der Waals surface area contributed by atoms with Crippen LogP contribution in [0.4, 0.5) is 0 Å². The second-order valence-electron chi connectivity index (χ2n) is 5.39. The number of hydrogen-bond acceptors (Lipinski definition) is 3. The molecule has 0 radical (unpaired) electrons. The molecule has 2 aromatic rings. The Morgan fingerprint density at radius 1 is 1.35 bits per heavy atom.